The van der Waals surface area contributed by atoms with E-state index in [1.807, 2.05) is 40.1 Å². The van der Waals surface area contributed by atoms with Gasteiger partial charge in [0.2, 0.25) is 5.91 Å². The van der Waals surface area contributed by atoms with Gasteiger partial charge in [-0.1, -0.05) is 37.5 Å². The van der Waals surface area contributed by atoms with E-state index < -0.39 is 0 Å². The first-order valence-electron chi connectivity index (χ1n) is 6.96. The van der Waals surface area contributed by atoms with E-state index in [1.165, 1.54) is 19.3 Å². The van der Waals surface area contributed by atoms with Gasteiger partial charge in [-0.3, -0.25) is 9.69 Å². The number of hydrogen-bond acceptors (Lipinski definition) is 2. The average Bonchev–Trinajstić information content (AvgIpc) is 2.76. The minimum atomic E-state index is 0.153. The van der Waals surface area contributed by atoms with Gasteiger partial charge in [-0.15, -0.1) is 0 Å². The quantitative estimate of drug-likeness (QED) is 0.775. The van der Waals surface area contributed by atoms with Gasteiger partial charge in [0.05, 0.1) is 0 Å². The van der Waals surface area contributed by atoms with E-state index in [9.17, 15) is 4.79 Å². The summed E-state index contributed by atoms with van der Waals surface area (Å²) in [4.78, 5) is 16.1. The highest BCUT2D eigenvalue weighted by atomic mass is 32.1. The summed E-state index contributed by atoms with van der Waals surface area (Å²) in [7, 11) is 0. The molecule has 2 fully saturated rings. The first-order chi connectivity index (χ1) is 9.27. The van der Waals surface area contributed by atoms with E-state index in [-0.39, 0.29) is 5.91 Å². The van der Waals surface area contributed by atoms with Crippen LogP contribution in [0.15, 0.2) is 30.3 Å². The molecule has 1 aromatic carbocycles. The lowest BCUT2D eigenvalue weighted by Crippen LogP contribution is -2.42. The van der Waals surface area contributed by atoms with Gasteiger partial charge in [0, 0.05) is 11.7 Å². The molecule has 1 aliphatic carbocycles. The van der Waals surface area contributed by atoms with Gasteiger partial charge >= 0.3 is 0 Å². The fraction of sp³-hybridized carbons (Fsp3) is 0.467. The number of carbonyl (C=O) groups is 1. The first kappa shape index (κ1) is 12.6. The van der Waals surface area contributed by atoms with E-state index in [4.69, 9.17) is 12.2 Å². The molecule has 1 saturated heterocycles. The molecule has 0 aromatic heterocycles. The van der Waals surface area contributed by atoms with E-state index in [0.29, 0.717) is 17.7 Å². The van der Waals surface area contributed by atoms with Crippen molar-refractivity contribution >= 4 is 28.9 Å². The Morgan fingerprint density at radius 2 is 1.74 bits per heavy atom. The third-order valence-corrected chi connectivity index (χ3v) is 4.42. The van der Waals surface area contributed by atoms with Crippen molar-refractivity contribution in [2.45, 2.75) is 38.1 Å². The van der Waals surface area contributed by atoms with Crippen LogP contribution < -0.4 is 4.90 Å². The Hall–Kier alpha value is -1.42. The molecule has 1 saturated carbocycles. The summed E-state index contributed by atoms with van der Waals surface area (Å²) in [6.07, 6.45) is 5.89. The van der Waals surface area contributed by atoms with Crippen LogP contribution in [-0.2, 0) is 4.79 Å². The Labute approximate surface area is 119 Å². The van der Waals surface area contributed by atoms with Gasteiger partial charge in [-0.2, -0.15) is 0 Å². The van der Waals surface area contributed by atoms with Crippen molar-refractivity contribution in [1.29, 1.82) is 0 Å². The van der Waals surface area contributed by atoms with Crippen LogP contribution in [0.1, 0.15) is 32.1 Å². The molecule has 3 nitrogen and oxygen atoms in total. The highest BCUT2D eigenvalue weighted by molar-refractivity contribution is 7.80. The summed E-state index contributed by atoms with van der Waals surface area (Å²) in [5.74, 6) is 0.153. The number of nitrogens with zero attached hydrogens (tertiary/aromatic N) is 2. The number of para-hydroxylation sites is 1. The maximum Gasteiger partial charge on any atom is 0.249 e. The minimum absolute atomic E-state index is 0.153. The van der Waals surface area contributed by atoms with Crippen LogP contribution in [0.5, 0.6) is 0 Å². The number of thiocarbonyl (C=S) groups is 1. The number of rotatable bonds is 2. The zero-order valence-corrected chi connectivity index (χ0v) is 11.7. The van der Waals surface area contributed by atoms with Crippen molar-refractivity contribution in [3.05, 3.63) is 30.3 Å². The Bertz CT molecular complexity index is 482. The summed E-state index contributed by atoms with van der Waals surface area (Å²) in [6, 6.07) is 10.3. The highest BCUT2D eigenvalue weighted by Crippen LogP contribution is 2.28. The summed E-state index contributed by atoms with van der Waals surface area (Å²) in [5.41, 5.74) is 1.01. The van der Waals surface area contributed by atoms with E-state index in [0.717, 1.165) is 18.5 Å². The molecule has 19 heavy (non-hydrogen) atoms. The molecule has 1 amide bonds. The summed E-state index contributed by atoms with van der Waals surface area (Å²) in [6.45, 7) is 0.388. The summed E-state index contributed by atoms with van der Waals surface area (Å²) >= 11 is 5.53. The Morgan fingerprint density at radius 1 is 1.05 bits per heavy atom. The number of anilines is 1. The van der Waals surface area contributed by atoms with E-state index in [1.54, 1.807) is 0 Å². The topological polar surface area (TPSA) is 23.6 Å². The molecule has 0 bridgehead atoms. The molecule has 0 N–H and O–H groups in total. The lowest BCUT2D eigenvalue weighted by Gasteiger charge is -2.31. The van der Waals surface area contributed by atoms with E-state index >= 15 is 0 Å². The monoisotopic (exact) mass is 274 g/mol. The van der Waals surface area contributed by atoms with Gasteiger partial charge in [0.25, 0.3) is 0 Å². The predicted molar refractivity (Wildman–Crippen MR) is 80.1 cm³/mol. The maximum atomic E-state index is 12.3. The minimum Gasteiger partial charge on any atom is -0.309 e. The smallest absolute Gasteiger partial charge is 0.249 e. The van der Waals surface area contributed by atoms with Gasteiger partial charge in [0.15, 0.2) is 5.11 Å². The van der Waals surface area contributed by atoms with Crippen molar-refractivity contribution in [2.75, 3.05) is 11.4 Å². The molecular formula is C15H18N2OS. The molecule has 4 heteroatoms. The average molecular weight is 274 g/mol. The summed E-state index contributed by atoms with van der Waals surface area (Å²) < 4.78 is 0. The van der Waals surface area contributed by atoms with Crippen LogP contribution in [0.2, 0.25) is 0 Å². The van der Waals surface area contributed by atoms with Crippen LogP contribution in [-0.4, -0.2) is 28.5 Å². The maximum absolute atomic E-state index is 12.3. The normalized spacial score (nSPS) is 21.3. The Balaban J connectivity index is 1.81. The molecule has 3 rings (SSSR count). The second kappa shape index (κ2) is 5.29. The van der Waals surface area contributed by atoms with E-state index in [2.05, 4.69) is 0 Å². The molecule has 0 spiro atoms. The molecule has 0 radical (unpaired) electrons. The molecule has 100 valence electrons. The van der Waals surface area contributed by atoms with Gasteiger partial charge < -0.3 is 4.90 Å². The number of hydrogen-bond donors (Lipinski definition) is 0. The van der Waals surface area contributed by atoms with Gasteiger partial charge in [0.1, 0.15) is 6.54 Å². The largest absolute Gasteiger partial charge is 0.309 e. The van der Waals surface area contributed by atoms with Crippen molar-refractivity contribution in [3.63, 3.8) is 0 Å². The molecule has 1 aromatic rings. The van der Waals surface area contributed by atoms with Crippen molar-refractivity contribution in [2.24, 2.45) is 0 Å². The third-order valence-electron chi connectivity index (χ3n) is 4.01. The van der Waals surface area contributed by atoms with Crippen LogP contribution >= 0.6 is 12.2 Å². The van der Waals surface area contributed by atoms with Crippen LogP contribution in [0.25, 0.3) is 0 Å². The molecular weight excluding hydrogens is 256 g/mol. The van der Waals surface area contributed by atoms with Crippen molar-refractivity contribution in [1.82, 2.24) is 4.90 Å². The Kier molecular flexibility index (Phi) is 3.51. The fourth-order valence-electron chi connectivity index (χ4n) is 3.02. The first-order valence-corrected chi connectivity index (χ1v) is 7.37. The number of benzene rings is 1. The number of carbonyl (C=O) groups excluding carboxylic acids is 1. The molecule has 1 aliphatic heterocycles. The molecule has 1 heterocycles. The third kappa shape index (κ3) is 2.37. The van der Waals surface area contributed by atoms with Gasteiger partial charge in [-0.25, -0.2) is 0 Å². The zero-order chi connectivity index (χ0) is 13.2. The lowest BCUT2D eigenvalue weighted by molar-refractivity contribution is -0.126. The SMILES string of the molecule is O=C1CN(c2ccccc2)C(=S)N1C1CCCCC1. The summed E-state index contributed by atoms with van der Waals surface area (Å²) in [5, 5.41) is 0.683. The molecule has 0 unspecified atom stereocenters. The fourth-order valence-corrected chi connectivity index (χ4v) is 3.45. The standard InChI is InChI=1S/C15H18N2OS/c18-14-11-16(12-7-3-1-4-8-12)15(19)17(14)13-9-5-2-6-10-13/h1,3-4,7-8,13H,2,5-6,9-11H2. The van der Waals surface area contributed by atoms with Gasteiger partial charge in [-0.05, 0) is 37.2 Å². The molecule has 0 atom stereocenters. The van der Waals surface area contributed by atoms with Crippen LogP contribution in [0.4, 0.5) is 5.69 Å². The zero-order valence-electron chi connectivity index (χ0n) is 10.9. The number of amides is 1. The highest BCUT2D eigenvalue weighted by Gasteiger charge is 2.38. The van der Waals surface area contributed by atoms with Crippen LogP contribution in [0.3, 0.4) is 0 Å². The van der Waals surface area contributed by atoms with Crippen LogP contribution in [0, 0.1) is 0 Å². The second-order valence-electron chi connectivity index (χ2n) is 5.26. The molecule has 2 aliphatic rings. The lowest BCUT2D eigenvalue weighted by atomic mass is 9.94. The predicted octanol–water partition coefficient (Wildman–Crippen LogP) is 2.95. The van der Waals surface area contributed by atoms with Crippen molar-refractivity contribution < 1.29 is 4.79 Å². The Morgan fingerprint density at radius 3 is 2.42 bits per heavy atom. The van der Waals surface area contributed by atoms with Crippen molar-refractivity contribution in [3.8, 4) is 0 Å². The second-order valence-corrected chi connectivity index (χ2v) is 5.62.